The molecule has 0 radical (unpaired) electrons. The Hall–Kier alpha value is -1.46. The predicted molar refractivity (Wildman–Crippen MR) is 87.5 cm³/mol. The maximum atomic E-state index is 8.71. The Kier molecular flexibility index (Phi) is 5.31. The second kappa shape index (κ2) is 7.00. The van der Waals surface area contributed by atoms with Crippen LogP contribution in [-0.4, -0.2) is 48.7 Å². The summed E-state index contributed by atoms with van der Waals surface area (Å²) in [5, 5.41) is 12.3. The SMILES string of the molecule is CCN1CCCC1CN(C)c1ccc(C(N)=NO)cc1Cl. The van der Waals surface area contributed by atoms with Gasteiger partial charge in [-0.1, -0.05) is 23.7 Å². The maximum Gasteiger partial charge on any atom is 0.170 e. The number of amidine groups is 1. The standard InChI is InChI=1S/C15H23ClN4O/c1-3-20-8-4-5-12(20)10-19(2)14-7-6-11(9-13(14)16)15(17)18-21/h6-7,9,12,21H,3-5,8,10H2,1-2H3,(H2,17,18). The van der Waals surface area contributed by atoms with Crippen LogP contribution in [0.1, 0.15) is 25.3 Å². The third-order valence-corrected chi connectivity index (χ3v) is 4.46. The summed E-state index contributed by atoms with van der Waals surface area (Å²) in [7, 11) is 2.05. The minimum Gasteiger partial charge on any atom is -0.409 e. The van der Waals surface area contributed by atoms with Crippen LogP contribution in [0.2, 0.25) is 5.02 Å². The van der Waals surface area contributed by atoms with Gasteiger partial charge in [0.25, 0.3) is 0 Å². The number of benzene rings is 1. The highest BCUT2D eigenvalue weighted by molar-refractivity contribution is 6.33. The van der Waals surface area contributed by atoms with Crippen molar-refractivity contribution < 1.29 is 5.21 Å². The van der Waals surface area contributed by atoms with E-state index in [4.69, 9.17) is 22.5 Å². The van der Waals surface area contributed by atoms with E-state index in [1.807, 2.05) is 12.1 Å². The molecule has 1 fully saturated rings. The third kappa shape index (κ3) is 3.60. The van der Waals surface area contributed by atoms with Crippen LogP contribution in [0, 0.1) is 0 Å². The zero-order valence-electron chi connectivity index (χ0n) is 12.6. The summed E-state index contributed by atoms with van der Waals surface area (Å²) in [6, 6.07) is 6.05. The van der Waals surface area contributed by atoms with E-state index >= 15 is 0 Å². The molecule has 1 atom stereocenters. The maximum absolute atomic E-state index is 8.71. The smallest absolute Gasteiger partial charge is 0.170 e. The Morgan fingerprint density at radius 1 is 1.57 bits per heavy atom. The van der Waals surface area contributed by atoms with Crippen LogP contribution in [0.15, 0.2) is 23.4 Å². The number of hydrogen-bond acceptors (Lipinski definition) is 4. The lowest BCUT2D eigenvalue weighted by Gasteiger charge is -2.29. The van der Waals surface area contributed by atoms with Gasteiger partial charge in [0.05, 0.1) is 10.7 Å². The van der Waals surface area contributed by atoms with Crippen molar-refractivity contribution in [3.63, 3.8) is 0 Å². The molecule has 1 aliphatic heterocycles. The molecule has 0 spiro atoms. The van der Waals surface area contributed by atoms with Crippen molar-refractivity contribution in [3.8, 4) is 0 Å². The van der Waals surface area contributed by atoms with Gasteiger partial charge in [-0.2, -0.15) is 0 Å². The van der Waals surface area contributed by atoms with Crippen molar-refractivity contribution in [2.24, 2.45) is 10.9 Å². The first-order chi connectivity index (χ1) is 10.1. The summed E-state index contributed by atoms with van der Waals surface area (Å²) < 4.78 is 0. The number of hydrogen-bond donors (Lipinski definition) is 2. The highest BCUT2D eigenvalue weighted by Gasteiger charge is 2.24. The fraction of sp³-hybridized carbons (Fsp3) is 0.533. The van der Waals surface area contributed by atoms with Gasteiger partial charge in [0.2, 0.25) is 0 Å². The molecule has 116 valence electrons. The Balaban J connectivity index is 2.10. The monoisotopic (exact) mass is 310 g/mol. The van der Waals surface area contributed by atoms with Gasteiger partial charge in [-0.25, -0.2) is 0 Å². The van der Waals surface area contributed by atoms with E-state index in [-0.39, 0.29) is 5.84 Å². The van der Waals surface area contributed by atoms with Crippen molar-refractivity contribution in [2.45, 2.75) is 25.8 Å². The third-order valence-electron chi connectivity index (χ3n) is 4.15. The highest BCUT2D eigenvalue weighted by Crippen LogP contribution is 2.28. The second-order valence-electron chi connectivity index (χ2n) is 5.46. The topological polar surface area (TPSA) is 65.1 Å². The fourth-order valence-corrected chi connectivity index (χ4v) is 3.29. The molecule has 1 aliphatic rings. The first kappa shape index (κ1) is 15.9. The average molecular weight is 311 g/mol. The van der Waals surface area contributed by atoms with Crippen LogP contribution in [0.25, 0.3) is 0 Å². The van der Waals surface area contributed by atoms with Gasteiger partial charge >= 0.3 is 0 Å². The average Bonchev–Trinajstić information content (AvgIpc) is 2.93. The number of likely N-dealkylation sites (tertiary alicyclic amines) is 1. The molecule has 1 unspecified atom stereocenters. The quantitative estimate of drug-likeness (QED) is 0.379. The first-order valence-corrected chi connectivity index (χ1v) is 7.67. The molecule has 5 nitrogen and oxygen atoms in total. The lowest BCUT2D eigenvalue weighted by Crippen LogP contribution is -2.38. The molecule has 1 heterocycles. The largest absolute Gasteiger partial charge is 0.409 e. The summed E-state index contributed by atoms with van der Waals surface area (Å²) in [6.45, 7) is 5.44. The number of anilines is 1. The molecular weight excluding hydrogens is 288 g/mol. The second-order valence-corrected chi connectivity index (χ2v) is 5.86. The Bertz CT molecular complexity index is 520. The number of oxime groups is 1. The van der Waals surface area contributed by atoms with Crippen molar-refractivity contribution >= 4 is 23.1 Å². The molecule has 1 saturated heterocycles. The zero-order valence-corrected chi connectivity index (χ0v) is 13.3. The van der Waals surface area contributed by atoms with Crippen LogP contribution in [0.5, 0.6) is 0 Å². The molecule has 21 heavy (non-hydrogen) atoms. The highest BCUT2D eigenvalue weighted by atomic mass is 35.5. The van der Waals surface area contributed by atoms with Gasteiger partial charge in [-0.3, -0.25) is 4.90 Å². The Morgan fingerprint density at radius 2 is 2.33 bits per heavy atom. The van der Waals surface area contributed by atoms with E-state index in [9.17, 15) is 0 Å². The van der Waals surface area contributed by atoms with Crippen molar-refractivity contribution in [1.82, 2.24) is 4.90 Å². The molecular formula is C15H23ClN4O. The van der Waals surface area contributed by atoms with E-state index in [1.54, 1.807) is 6.07 Å². The molecule has 0 amide bonds. The minimum absolute atomic E-state index is 0.0686. The molecule has 1 aromatic rings. The number of halogens is 1. The lowest BCUT2D eigenvalue weighted by molar-refractivity contribution is 0.270. The van der Waals surface area contributed by atoms with Crippen molar-refractivity contribution in [1.29, 1.82) is 0 Å². The molecule has 1 aromatic carbocycles. The van der Waals surface area contributed by atoms with Crippen molar-refractivity contribution in [3.05, 3.63) is 28.8 Å². The van der Waals surface area contributed by atoms with E-state index in [2.05, 4.69) is 28.9 Å². The fourth-order valence-electron chi connectivity index (χ4n) is 2.97. The van der Waals surface area contributed by atoms with Crippen molar-refractivity contribution in [2.75, 3.05) is 31.6 Å². The number of likely N-dealkylation sites (N-methyl/N-ethyl adjacent to an activating group) is 2. The van der Waals surface area contributed by atoms with E-state index in [0.29, 0.717) is 16.6 Å². The predicted octanol–water partition coefficient (Wildman–Crippen LogP) is 2.35. The van der Waals surface area contributed by atoms with Crippen LogP contribution in [-0.2, 0) is 0 Å². The summed E-state index contributed by atoms with van der Waals surface area (Å²) >= 11 is 6.33. The summed E-state index contributed by atoms with van der Waals surface area (Å²) in [6.07, 6.45) is 2.50. The molecule has 2 rings (SSSR count). The van der Waals surface area contributed by atoms with Gasteiger partial charge in [-0.05, 0) is 44.1 Å². The summed E-state index contributed by atoms with van der Waals surface area (Å²) in [5.41, 5.74) is 7.17. The van der Waals surface area contributed by atoms with Crippen LogP contribution >= 0.6 is 11.6 Å². The van der Waals surface area contributed by atoms with Gasteiger partial charge in [0, 0.05) is 25.2 Å². The van der Waals surface area contributed by atoms with E-state index in [1.165, 1.54) is 19.4 Å². The molecule has 3 N–H and O–H groups in total. The first-order valence-electron chi connectivity index (χ1n) is 7.29. The van der Waals surface area contributed by atoms with Gasteiger partial charge in [-0.15, -0.1) is 0 Å². The molecule has 6 heteroatoms. The minimum atomic E-state index is 0.0686. The normalized spacial score (nSPS) is 20.0. The summed E-state index contributed by atoms with van der Waals surface area (Å²) in [5.74, 6) is 0.0686. The lowest BCUT2D eigenvalue weighted by atomic mass is 10.1. The number of rotatable bonds is 5. The Labute approximate surface area is 131 Å². The zero-order chi connectivity index (χ0) is 15.4. The Morgan fingerprint density at radius 3 is 2.95 bits per heavy atom. The molecule has 0 aliphatic carbocycles. The van der Waals surface area contributed by atoms with E-state index < -0.39 is 0 Å². The van der Waals surface area contributed by atoms with Crippen LogP contribution in [0.4, 0.5) is 5.69 Å². The van der Waals surface area contributed by atoms with Crippen LogP contribution in [0.3, 0.4) is 0 Å². The number of nitrogens with two attached hydrogens (primary N) is 1. The molecule has 0 bridgehead atoms. The van der Waals surface area contributed by atoms with E-state index in [0.717, 1.165) is 18.8 Å². The van der Waals surface area contributed by atoms with Gasteiger partial charge in [0.15, 0.2) is 5.84 Å². The molecule has 0 aromatic heterocycles. The van der Waals surface area contributed by atoms with Gasteiger partial charge in [0.1, 0.15) is 0 Å². The molecule has 0 saturated carbocycles. The number of nitrogens with zero attached hydrogens (tertiary/aromatic N) is 3. The van der Waals surface area contributed by atoms with Crippen LogP contribution < -0.4 is 10.6 Å². The van der Waals surface area contributed by atoms with Gasteiger partial charge < -0.3 is 15.8 Å². The summed E-state index contributed by atoms with van der Waals surface area (Å²) in [4.78, 5) is 4.69.